The molecule has 2 N–H and O–H groups in total. The molecular formula is C18H28O2. The molecule has 20 heavy (non-hydrogen) atoms. The molecule has 3 saturated carbocycles. The number of fused-ring (bicyclic) bond motifs is 1. The molecule has 0 aromatic rings. The lowest BCUT2D eigenvalue weighted by Gasteiger charge is -2.25. The molecule has 0 saturated heterocycles. The minimum absolute atomic E-state index is 0.215. The lowest BCUT2D eigenvalue weighted by Crippen LogP contribution is -2.22. The van der Waals surface area contributed by atoms with Crippen molar-refractivity contribution in [2.24, 2.45) is 23.7 Å². The highest BCUT2D eigenvalue weighted by molar-refractivity contribution is 5.15. The average molecular weight is 276 g/mol. The van der Waals surface area contributed by atoms with Crippen molar-refractivity contribution in [3.63, 3.8) is 0 Å². The van der Waals surface area contributed by atoms with E-state index >= 15 is 0 Å². The first-order chi connectivity index (χ1) is 9.65. The lowest BCUT2D eigenvalue weighted by molar-refractivity contribution is 0.120. The maximum Gasteiger partial charge on any atom is 0.0749 e. The zero-order valence-electron chi connectivity index (χ0n) is 12.4. The van der Waals surface area contributed by atoms with Crippen LogP contribution in [-0.2, 0) is 0 Å². The van der Waals surface area contributed by atoms with E-state index in [1.807, 2.05) is 6.08 Å². The zero-order chi connectivity index (χ0) is 14.1. The Bertz CT molecular complexity index is 381. The lowest BCUT2D eigenvalue weighted by atomic mass is 9.84. The molecule has 0 spiro atoms. The highest BCUT2D eigenvalue weighted by atomic mass is 16.3. The number of hydrogen-bond acceptors (Lipinski definition) is 2. The molecule has 3 aliphatic rings. The van der Waals surface area contributed by atoms with Gasteiger partial charge in [0.05, 0.1) is 12.2 Å². The van der Waals surface area contributed by atoms with Gasteiger partial charge in [0.15, 0.2) is 0 Å². The maximum atomic E-state index is 10.3. The van der Waals surface area contributed by atoms with Gasteiger partial charge < -0.3 is 10.2 Å². The third kappa shape index (κ3) is 2.87. The number of hydrogen-bond donors (Lipinski definition) is 2. The molecule has 3 rings (SSSR count). The summed E-state index contributed by atoms with van der Waals surface area (Å²) in [6, 6.07) is 0. The van der Waals surface area contributed by atoms with Crippen LogP contribution in [0.25, 0.3) is 0 Å². The van der Waals surface area contributed by atoms with Crippen LogP contribution in [0.1, 0.15) is 51.4 Å². The number of aliphatic hydroxyl groups is 2. The fraction of sp³-hybridized carbons (Fsp3) is 0.778. The summed E-state index contributed by atoms with van der Waals surface area (Å²) in [5, 5.41) is 20.6. The Morgan fingerprint density at radius 3 is 2.65 bits per heavy atom. The SMILES string of the molecule is C=C1C[C@H]2C[C@@H](O)[C@H](C=C[C@@H](O)C3CCCCC3)[C@@H]2C1. The fourth-order valence-corrected chi connectivity index (χ4v) is 4.71. The molecule has 2 nitrogen and oxygen atoms in total. The molecule has 0 amide bonds. The van der Waals surface area contributed by atoms with Crippen molar-refractivity contribution < 1.29 is 10.2 Å². The summed E-state index contributed by atoms with van der Waals surface area (Å²) in [6.07, 6.45) is 12.8. The van der Waals surface area contributed by atoms with Crippen molar-refractivity contribution in [2.45, 2.75) is 63.6 Å². The van der Waals surface area contributed by atoms with Crippen LogP contribution < -0.4 is 0 Å². The molecule has 0 radical (unpaired) electrons. The van der Waals surface area contributed by atoms with E-state index in [0.29, 0.717) is 17.8 Å². The summed E-state index contributed by atoms with van der Waals surface area (Å²) in [5.74, 6) is 1.86. The van der Waals surface area contributed by atoms with Gasteiger partial charge in [-0.2, -0.15) is 0 Å². The first-order valence-corrected chi connectivity index (χ1v) is 8.36. The van der Waals surface area contributed by atoms with Crippen molar-refractivity contribution in [3.8, 4) is 0 Å². The van der Waals surface area contributed by atoms with Crippen molar-refractivity contribution >= 4 is 0 Å². The van der Waals surface area contributed by atoms with Gasteiger partial charge in [-0.15, -0.1) is 0 Å². The van der Waals surface area contributed by atoms with E-state index in [4.69, 9.17) is 0 Å². The standard InChI is InChI=1S/C18H28O2/c1-12-9-14-11-18(20)15(16(14)10-12)7-8-17(19)13-5-3-2-4-6-13/h7-8,13-20H,1-6,9-11H2/t14-,15+,16+,17+,18+/m0/s1. The molecule has 5 atom stereocenters. The second-order valence-corrected chi connectivity index (χ2v) is 7.24. The summed E-state index contributed by atoms with van der Waals surface area (Å²) < 4.78 is 0. The molecule has 0 aromatic heterocycles. The van der Waals surface area contributed by atoms with E-state index in [1.165, 1.54) is 24.8 Å². The largest absolute Gasteiger partial charge is 0.392 e. The molecular weight excluding hydrogens is 248 g/mol. The highest BCUT2D eigenvalue weighted by Crippen LogP contribution is 2.50. The molecule has 3 fully saturated rings. The molecule has 2 heteroatoms. The molecule has 0 bridgehead atoms. The van der Waals surface area contributed by atoms with E-state index in [0.717, 1.165) is 32.1 Å². The number of allylic oxidation sites excluding steroid dienone is 1. The van der Waals surface area contributed by atoms with Crippen LogP contribution in [0.5, 0.6) is 0 Å². The Morgan fingerprint density at radius 2 is 1.90 bits per heavy atom. The van der Waals surface area contributed by atoms with Crippen LogP contribution >= 0.6 is 0 Å². The Labute approximate surface area is 122 Å². The van der Waals surface area contributed by atoms with Crippen molar-refractivity contribution in [1.29, 1.82) is 0 Å². The van der Waals surface area contributed by atoms with Crippen LogP contribution in [0.4, 0.5) is 0 Å². The minimum atomic E-state index is -0.314. The van der Waals surface area contributed by atoms with Gasteiger partial charge in [0.25, 0.3) is 0 Å². The number of rotatable bonds is 3. The van der Waals surface area contributed by atoms with E-state index in [1.54, 1.807) is 0 Å². The van der Waals surface area contributed by atoms with Crippen LogP contribution in [0, 0.1) is 23.7 Å². The van der Waals surface area contributed by atoms with Crippen molar-refractivity contribution in [1.82, 2.24) is 0 Å². The minimum Gasteiger partial charge on any atom is -0.392 e. The molecule has 0 aromatic carbocycles. The van der Waals surface area contributed by atoms with E-state index < -0.39 is 0 Å². The normalized spacial score (nSPS) is 40.4. The Morgan fingerprint density at radius 1 is 1.15 bits per heavy atom. The Kier molecular flexibility index (Phi) is 4.32. The van der Waals surface area contributed by atoms with Gasteiger partial charge in [-0.25, -0.2) is 0 Å². The smallest absolute Gasteiger partial charge is 0.0749 e. The van der Waals surface area contributed by atoms with E-state index in [9.17, 15) is 10.2 Å². The average Bonchev–Trinajstić information content (AvgIpc) is 2.92. The van der Waals surface area contributed by atoms with E-state index in [2.05, 4.69) is 12.7 Å². The third-order valence-electron chi connectivity index (χ3n) is 5.83. The molecule has 0 heterocycles. The van der Waals surface area contributed by atoms with Gasteiger partial charge in [0.2, 0.25) is 0 Å². The second-order valence-electron chi connectivity index (χ2n) is 7.24. The second kappa shape index (κ2) is 6.03. The maximum absolute atomic E-state index is 10.3. The third-order valence-corrected chi connectivity index (χ3v) is 5.83. The number of aliphatic hydroxyl groups excluding tert-OH is 2. The van der Waals surface area contributed by atoms with Crippen LogP contribution in [-0.4, -0.2) is 22.4 Å². The fourth-order valence-electron chi connectivity index (χ4n) is 4.71. The van der Waals surface area contributed by atoms with Gasteiger partial charge in [-0.1, -0.05) is 43.6 Å². The topological polar surface area (TPSA) is 40.5 Å². The summed E-state index contributed by atoms with van der Waals surface area (Å²) in [6.45, 7) is 4.11. The molecule has 112 valence electrons. The first-order valence-electron chi connectivity index (χ1n) is 8.36. The summed E-state index contributed by atoms with van der Waals surface area (Å²) in [4.78, 5) is 0. The van der Waals surface area contributed by atoms with Crippen LogP contribution in [0.2, 0.25) is 0 Å². The molecule has 3 aliphatic carbocycles. The quantitative estimate of drug-likeness (QED) is 0.775. The zero-order valence-corrected chi connectivity index (χ0v) is 12.4. The van der Waals surface area contributed by atoms with Crippen molar-refractivity contribution in [2.75, 3.05) is 0 Å². The van der Waals surface area contributed by atoms with Crippen LogP contribution in [0.3, 0.4) is 0 Å². The Balaban J connectivity index is 1.61. The summed E-state index contributed by atoms with van der Waals surface area (Å²) in [7, 11) is 0. The van der Waals surface area contributed by atoms with Gasteiger partial charge in [0, 0.05) is 5.92 Å². The molecule has 0 unspecified atom stereocenters. The monoisotopic (exact) mass is 276 g/mol. The van der Waals surface area contributed by atoms with Crippen LogP contribution in [0.15, 0.2) is 24.3 Å². The highest BCUT2D eigenvalue weighted by Gasteiger charge is 2.44. The van der Waals surface area contributed by atoms with E-state index in [-0.39, 0.29) is 18.1 Å². The Hall–Kier alpha value is -0.600. The van der Waals surface area contributed by atoms with Gasteiger partial charge in [0.1, 0.15) is 0 Å². The summed E-state index contributed by atoms with van der Waals surface area (Å²) in [5.41, 5.74) is 1.35. The van der Waals surface area contributed by atoms with Gasteiger partial charge >= 0.3 is 0 Å². The van der Waals surface area contributed by atoms with Crippen molar-refractivity contribution in [3.05, 3.63) is 24.3 Å². The van der Waals surface area contributed by atoms with Gasteiger partial charge in [-0.05, 0) is 49.9 Å². The molecule has 0 aliphatic heterocycles. The van der Waals surface area contributed by atoms with Gasteiger partial charge in [-0.3, -0.25) is 0 Å². The summed E-state index contributed by atoms with van der Waals surface area (Å²) >= 11 is 0. The predicted octanol–water partition coefficient (Wildman–Crippen LogP) is 3.45. The first kappa shape index (κ1) is 14.3. The predicted molar refractivity (Wildman–Crippen MR) is 81.2 cm³/mol.